The first-order chi connectivity index (χ1) is 10.2. The molecule has 0 saturated carbocycles. The van der Waals surface area contributed by atoms with Crippen LogP contribution in [0.15, 0.2) is 24.3 Å². The highest BCUT2D eigenvalue weighted by atomic mass is 16.5. The van der Waals surface area contributed by atoms with E-state index in [1.807, 2.05) is 6.07 Å². The fraction of sp³-hybridized carbons (Fsp3) is 0.588. The number of piperidine rings is 1. The Morgan fingerprint density at radius 2 is 2.29 bits per heavy atom. The molecule has 1 fully saturated rings. The van der Waals surface area contributed by atoms with E-state index in [-0.39, 0.29) is 5.56 Å². The van der Waals surface area contributed by atoms with Gasteiger partial charge in [-0.25, -0.2) is 4.79 Å². The third-order valence-corrected chi connectivity index (χ3v) is 4.16. The first-order valence-corrected chi connectivity index (χ1v) is 7.91. The van der Waals surface area contributed by atoms with Gasteiger partial charge in [-0.1, -0.05) is 19.4 Å². The quantitative estimate of drug-likeness (QED) is 0.782. The average Bonchev–Trinajstić information content (AvgIpc) is 2.52. The maximum Gasteiger partial charge on any atom is 0.335 e. The molecule has 1 saturated heterocycles. The van der Waals surface area contributed by atoms with Gasteiger partial charge < -0.3 is 14.7 Å². The molecule has 1 atom stereocenters. The summed E-state index contributed by atoms with van der Waals surface area (Å²) in [6.07, 6.45) is 6.18. The van der Waals surface area contributed by atoms with Crippen molar-refractivity contribution in [2.24, 2.45) is 0 Å². The van der Waals surface area contributed by atoms with E-state index < -0.39 is 5.97 Å². The Morgan fingerprint density at radius 3 is 3.05 bits per heavy atom. The van der Waals surface area contributed by atoms with E-state index in [0.29, 0.717) is 12.4 Å². The molecular formula is C17H25NO3. The summed E-state index contributed by atoms with van der Waals surface area (Å²) in [5, 5.41) is 8.95. The second kappa shape index (κ2) is 8.03. The maximum absolute atomic E-state index is 10.9. The molecule has 1 N–H and O–H groups in total. The number of carbonyl (C=O) groups is 1. The number of hydrogen-bond donors (Lipinski definition) is 1. The second-order valence-corrected chi connectivity index (χ2v) is 5.63. The van der Waals surface area contributed by atoms with Crippen LogP contribution in [0.25, 0.3) is 0 Å². The van der Waals surface area contributed by atoms with Crippen molar-refractivity contribution in [3.63, 3.8) is 0 Å². The molecule has 4 nitrogen and oxygen atoms in total. The van der Waals surface area contributed by atoms with Gasteiger partial charge in [-0.05, 0) is 50.4 Å². The highest BCUT2D eigenvalue weighted by Gasteiger charge is 2.19. The van der Waals surface area contributed by atoms with Gasteiger partial charge in [0.1, 0.15) is 5.75 Å². The number of benzene rings is 1. The zero-order valence-electron chi connectivity index (χ0n) is 12.8. The lowest BCUT2D eigenvalue weighted by atomic mass is 10.00. The number of ether oxygens (including phenoxy) is 1. The third kappa shape index (κ3) is 4.74. The molecule has 0 bridgehead atoms. The SMILES string of the molecule is CCC1CCCCN1CCCOc1cccc(C(=O)O)c1. The minimum absolute atomic E-state index is 0.273. The van der Waals surface area contributed by atoms with Crippen LogP contribution in [-0.2, 0) is 0 Å². The first-order valence-electron chi connectivity index (χ1n) is 7.91. The van der Waals surface area contributed by atoms with Crippen LogP contribution in [-0.4, -0.2) is 41.7 Å². The number of nitrogens with zero attached hydrogens (tertiary/aromatic N) is 1. The molecular weight excluding hydrogens is 266 g/mol. The van der Waals surface area contributed by atoms with Crippen LogP contribution < -0.4 is 4.74 Å². The molecule has 0 aromatic heterocycles. The third-order valence-electron chi connectivity index (χ3n) is 4.16. The summed E-state index contributed by atoms with van der Waals surface area (Å²) >= 11 is 0. The van der Waals surface area contributed by atoms with Gasteiger partial charge in [-0.15, -0.1) is 0 Å². The number of hydrogen-bond acceptors (Lipinski definition) is 3. The lowest BCUT2D eigenvalue weighted by molar-refractivity contribution is 0.0696. The lowest BCUT2D eigenvalue weighted by Gasteiger charge is -2.35. The van der Waals surface area contributed by atoms with E-state index in [4.69, 9.17) is 9.84 Å². The van der Waals surface area contributed by atoms with Crippen LogP contribution >= 0.6 is 0 Å². The van der Waals surface area contributed by atoms with Crippen LogP contribution in [0.1, 0.15) is 49.4 Å². The van der Waals surface area contributed by atoms with Crippen molar-refractivity contribution in [2.45, 2.75) is 45.1 Å². The number of aromatic carboxylic acids is 1. The van der Waals surface area contributed by atoms with E-state index in [0.717, 1.165) is 19.0 Å². The molecule has 1 heterocycles. The van der Waals surface area contributed by atoms with Gasteiger partial charge in [0, 0.05) is 12.6 Å². The van der Waals surface area contributed by atoms with Crippen LogP contribution in [0.2, 0.25) is 0 Å². The maximum atomic E-state index is 10.9. The van der Waals surface area contributed by atoms with Crippen LogP contribution in [0.5, 0.6) is 5.75 Å². The highest BCUT2D eigenvalue weighted by molar-refractivity contribution is 5.87. The van der Waals surface area contributed by atoms with Crippen molar-refractivity contribution in [1.29, 1.82) is 0 Å². The van der Waals surface area contributed by atoms with Crippen molar-refractivity contribution in [3.05, 3.63) is 29.8 Å². The molecule has 1 unspecified atom stereocenters. The van der Waals surface area contributed by atoms with Gasteiger partial charge >= 0.3 is 5.97 Å². The molecule has 1 aromatic rings. The van der Waals surface area contributed by atoms with E-state index in [9.17, 15) is 4.79 Å². The smallest absolute Gasteiger partial charge is 0.335 e. The fourth-order valence-electron chi connectivity index (χ4n) is 2.99. The van der Waals surface area contributed by atoms with E-state index >= 15 is 0 Å². The topological polar surface area (TPSA) is 49.8 Å². The van der Waals surface area contributed by atoms with E-state index in [2.05, 4.69) is 11.8 Å². The largest absolute Gasteiger partial charge is 0.494 e. The summed E-state index contributed by atoms with van der Waals surface area (Å²) in [5.41, 5.74) is 0.273. The minimum atomic E-state index is -0.917. The van der Waals surface area contributed by atoms with Crippen molar-refractivity contribution in [2.75, 3.05) is 19.7 Å². The zero-order valence-corrected chi connectivity index (χ0v) is 12.8. The lowest BCUT2D eigenvalue weighted by Crippen LogP contribution is -2.40. The monoisotopic (exact) mass is 291 g/mol. The van der Waals surface area contributed by atoms with Crippen LogP contribution in [0.4, 0.5) is 0 Å². The van der Waals surface area contributed by atoms with Gasteiger partial charge in [0.25, 0.3) is 0 Å². The standard InChI is InChI=1S/C17H25NO3/c1-2-15-8-3-4-10-18(15)11-6-12-21-16-9-5-7-14(13-16)17(19)20/h5,7,9,13,15H,2-4,6,8,10-12H2,1H3,(H,19,20). The molecule has 0 radical (unpaired) electrons. The Hall–Kier alpha value is -1.55. The summed E-state index contributed by atoms with van der Waals surface area (Å²) in [5.74, 6) is -0.278. The predicted molar refractivity (Wildman–Crippen MR) is 83.0 cm³/mol. The molecule has 116 valence electrons. The van der Waals surface area contributed by atoms with Crippen molar-refractivity contribution in [1.82, 2.24) is 4.90 Å². The van der Waals surface area contributed by atoms with Gasteiger partial charge in [0.05, 0.1) is 12.2 Å². The zero-order chi connectivity index (χ0) is 15.1. The minimum Gasteiger partial charge on any atom is -0.494 e. The second-order valence-electron chi connectivity index (χ2n) is 5.63. The molecule has 1 aliphatic rings. The van der Waals surface area contributed by atoms with E-state index in [1.165, 1.54) is 32.2 Å². The predicted octanol–water partition coefficient (Wildman–Crippen LogP) is 3.42. The summed E-state index contributed by atoms with van der Waals surface area (Å²) in [6.45, 7) is 5.16. The number of carboxylic acid groups (broad SMARTS) is 1. The molecule has 0 amide bonds. The Kier molecular flexibility index (Phi) is 6.05. The highest BCUT2D eigenvalue weighted by Crippen LogP contribution is 2.19. The van der Waals surface area contributed by atoms with Gasteiger partial charge in [-0.3, -0.25) is 0 Å². The van der Waals surface area contributed by atoms with Crippen LogP contribution in [0, 0.1) is 0 Å². The normalized spacial score (nSPS) is 19.4. The van der Waals surface area contributed by atoms with Gasteiger partial charge in [-0.2, -0.15) is 0 Å². The van der Waals surface area contributed by atoms with Gasteiger partial charge in [0.15, 0.2) is 0 Å². The summed E-state index contributed by atoms with van der Waals surface area (Å²) < 4.78 is 5.67. The molecule has 2 rings (SSSR count). The first kappa shape index (κ1) is 15.8. The molecule has 1 aliphatic heterocycles. The van der Waals surface area contributed by atoms with Crippen LogP contribution in [0.3, 0.4) is 0 Å². The number of carboxylic acids is 1. The summed E-state index contributed by atoms with van der Waals surface area (Å²) in [6, 6.07) is 7.42. The Morgan fingerprint density at radius 1 is 1.43 bits per heavy atom. The molecule has 21 heavy (non-hydrogen) atoms. The van der Waals surface area contributed by atoms with Crippen molar-refractivity contribution >= 4 is 5.97 Å². The van der Waals surface area contributed by atoms with E-state index in [1.54, 1.807) is 18.2 Å². The van der Waals surface area contributed by atoms with Crippen molar-refractivity contribution in [3.8, 4) is 5.75 Å². The van der Waals surface area contributed by atoms with Gasteiger partial charge in [0.2, 0.25) is 0 Å². The summed E-state index contributed by atoms with van der Waals surface area (Å²) in [4.78, 5) is 13.5. The number of likely N-dealkylation sites (tertiary alicyclic amines) is 1. The average molecular weight is 291 g/mol. The number of rotatable bonds is 7. The molecule has 0 spiro atoms. The Bertz CT molecular complexity index is 461. The Labute approximate surface area is 126 Å². The summed E-state index contributed by atoms with van der Waals surface area (Å²) in [7, 11) is 0. The fourth-order valence-corrected chi connectivity index (χ4v) is 2.99. The van der Waals surface area contributed by atoms with Crippen molar-refractivity contribution < 1.29 is 14.6 Å². The molecule has 1 aromatic carbocycles. The molecule has 4 heteroatoms. The molecule has 0 aliphatic carbocycles. The Balaban J connectivity index is 1.74.